The van der Waals surface area contributed by atoms with E-state index in [0.29, 0.717) is 6.61 Å². The van der Waals surface area contributed by atoms with Gasteiger partial charge in [0.2, 0.25) is 5.91 Å². The average molecular weight is 379 g/mol. The normalized spacial score (nSPS) is 22.1. The molecule has 0 aromatic carbocycles. The lowest BCUT2D eigenvalue weighted by Gasteiger charge is -2.42. The highest BCUT2D eigenvalue weighted by atomic mass is 32.1. The number of rotatable bonds is 7. The van der Waals surface area contributed by atoms with Gasteiger partial charge in [0.25, 0.3) is 0 Å². The first-order valence-electron chi connectivity index (χ1n) is 8.94. The van der Waals surface area contributed by atoms with E-state index in [-0.39, 0.29) is 28.8 Å². The number of amides is 1. The van der Waals surface area contributed by atoms with E-state index in [4.69, 9.17) is 16.6 Å². The van der Waals surface area contributed by atoms with Gasteiger partial charge in [-0.15, -0.1) is 0 Å². The summed E-state index contributed by atoms with van der Waals surface area (Å²) in [6.45, 7) is 13.9. The number of nitrogens with one attached hydrogen (secondary N) is 1. The molecule has 4 nitrogen and oxygen atoms in total. The van der Waals surface area contributed by atoms with Gasteiger partial charge in [-0.25, -0.2) is 0 Å². The smallest absolute Gasteiger partial charge is 0.225 e. The molecule has 1 N–H and O–H groups in total. The van der Waals surface area contributed by atoms with Crippen LogP contribution in [0.5, 0.6) is 0 Å². The summed E-state index contributed by atoms with van der Waals surface area (Å²) in [6, 6.07) is 5.81. The van der Waals surface area contributed by atoms with Crippen molar-refractivity contribution in [3.05, 3.63) is 30.1 Å². The van der Waals surface area contributed by atoms with Gasteiger partial charge in [0.15, 0.2) is 8.32 Å². The summed E-state index contributed by atoms with van der Waals surface area (Å²) in [7, 11) is -1.77. The second kappa shape index (κ2) is 7.64. The van der Waals surface area contributed by atoms with Crippen LogP contribution in [0.4, 0.5) is 0 Å². The van der Waals surface area contributed by atoms with Gasteiger partial charge in [0, 0.05) is 29.6 Å². The Kier molecular flexibility index (Phi) is 6.17. The third kappa shape index (κ3) is 4.54. The molecule has 6 heteroatoms. The van der Waals surface area contributed by atoms with Crippen LogP contribution in [0.2, 0.25) is 18.1 Å². The average Bonchev–Trinajstić information content (AvgIpc) is 2.55. The van der Waals surface area contributed by atoms with Gasteiger partial charge >= 0.3 is 0 Å². The van der Waals surface area contributed by atoms with E-state index < -0.39 is 8.32 Å². The van der Waals surface area contributed by atoms with Crippen LogP contribution < -0.4 is 5.32 Å². The fourth-order valence-electron chi connectivity index (χ4n) is 2.79. The quantitative estimate of drug-likeness (QED) is 0.338. The summed E-state index contributed by atoms with van der Waals surface area (Å²) in [5.74, 6) is 0.168. The van der Waals surface area contributed by atoms with Gasteiger partial charge in [-0.3, -0.25) is 9.78 Å². The lowest BCUT2D eigenvalue weighted by atomic mass is 9.78. The van der Waals surface area contributed by atoms with Crippen molar-refractivity contribution in [2.75, 3.05) is 6.61 Å². The van der Waals surface area contributed by atoms with Crippen molar-refractivity contribution in [1.82, 2.24) is 10.3 Å². The molecule has 2 rings (SSSR count). The molecule has 1 fully saturated rings. The Bertz CT molecular complexity index is 628. The van der Waals surface area contributed by atoms with Crippen LogP contribution >= 0.6 is 12.2 Å². The first kappa shape index (κ1) is 20.2. The molecule has 0 saturated carbocycles. The number of nitrogens with zero attached hydrogens (tertiary/aromatic N) is 1. The number of aromatic nitrogens is 1. The third-order valence-corrected chi connectivity index (χ3v) is 10.8. The Morgan fingerprint density at radius 3 is 2.60 bits per heavy atom. The lowest BCUT2D eigenvalue weighted by molar-refractivity contribution is -0.136. The predicted molar refractivity (Wildman–Crippen MR) is 108 cm³/mol. The van der Waals surface area contributed by atoms with E-state index in [9.17, 15) is 4.79 Å². The number of carbonyl (C=O) groups excluding carboxylic acids is 1. The molecule has 1 saturated heterocycles. The van der Waals surface area contributed by atoms with Crippen molar-refractivity contribution in [1.29, 1.82) is 0 Å². The van der Waals surface area contributed by atoms with E-state index in [1.807, 2.05) is 18.2 Å². The molecule has 1 aromatic rings. The van der Waals surface area contributed by atoms with Crippen LogP contribution in [0.3, 0.4) is 0 Å². The molecule has 1 aromatic heterocycles. The summed E-state index contributed by atoms with van der Waals surface area (Å²) < 4.78 is 6.24. The van der Waals surface area contributed by atoms with E-state index in [0.717, 1.165) is 17.0 Å². The maximum Gasteiger partial charge on any atom is 0.225 e. The maximum absolute atomic E-state index is 12.0. The second-order valence-corrected chi connectivity index (χ2v) is 13.7. The van der Waals surface area contributed by atoms with Crippen LogP contribution in [-0.2, 0) is 9.22 Å². The van der Waals surface area contributed by atoms with Gasteiger partial charge < -0.3 is 9.74 Å². The monoisotopic (exact) mass is 378 g/mol. The molecule has 1 aliphatic rings. The zero-order chi connectivity index (χ0) is 18.8. The minimum absolute atomic E-state index is 0.0265. The Hall–Kier alpha value is -1.11. The highest BCUT2D eigenvalue weighted by Gasteiger charge is 2.44. The van der Waals surface area contributed by atoms with Crippen LogP contribution in [0.25, 0.3) is 0 Å². The Labute approximate surface area is 157 Å². The third-order valence-electron chi connectivity index (χ3n) is 5.65. The van der Waals surface area contributed by atoms with Crippen LogP contribution in [0.15, 0.2) is 24.4 Å². The van der Waals surface area contributed by atoms with Gasteiger partial charge in [-0.1, -0.05) is 46.0 Å². The van der Waals surface area contributed by atoms with Crippen molar-refractivity contribution < 1.29 is 9.22 Å². The van der Waals surface area contributed by atoms with Crippen molar-refractivity contribution in [2.24, 2.45) is 11.8 Å². The number of thiocarbonyl (C=S) groups is 1. The molecular formula is C19H30N2O2SSi. The zero-order valence-electron chi connectivity index (χ0n) is 16.1. The molecule has 1 amide bonds. The van der Waals surface area contributed by atoms with Gasteiger partial charge in [0.1, 0.15) is 0 Å². The van der Waals surface area contributed by atoms with Gasteiger partial charge in [0.05, 0.1) is 11.6 Å². The summed E-state index contributed by atoms with van der Waals surface area (Å²) in [4.78, 5) is 17.2. The predicted octanol–water partition coefficient (Wildman–Crippen LogP) is 3.96. The van der Waals surface area contributed by atoms with Gasteiger partial charge in [-0.05, 0) is 36.7 Å². The Morgan fingerprint density at radius 2 is 2.08 bits per heavy atom. The number of β-lactam (4-membered cyclic amide) rings is 1. The van der Waals surface area contributed by atoms with E-state index in [2.05, 4.69) is 51.1 Å². The molecule has 0 aliphatic carbocycles. The van der Waals surface area contributed by atoms with E-state index >= 15 is 0 Å². The van der Waals surface area contributed by atoms with Crippen molar-refractivity contribution >= 4 is 31.3 Å². The molecule has 1 aliphatic heterocycles. The number of hydrogen-bond donors (Lipinski definition) is 1. The summed E-state index contributed by atoms with van der Waals surface area (Å²) in [5.41, 5.74) is 0.822. The van der Waals surface area contributed by atoms with Crippen molar-refractivity contribution in [3.63, 3.8) is 0 Å². The molecule has 138 valence electrons. The van der Waals surface area contributed by atoms with E-state index in [1.54, 1.807) is 6.20 Å². The highest BCUT2D eigenvalue weighted by molar-refractivity contribution is 7.80. The van der Waals surface area contributed by atoms with Crippen LogP contribution in [0.1, 0.15) is 39.8 Å². The highest BCUT2D eigenvalue weighted by Crippen LogP contribution is 2.37. The molecule has 0 bridgehead atoms. The Balaban J connectivity index is 1.93. The van der Waals surface area contributed by atoms with Crippen molar-refractivity contribution in [2.45, 2.75) is 58.3 Å². The Morgan fingerprint density at radius 1 is 1.40 bits per heavy atom. The minimum Gasteiger partial charge on any atom is -0.417 e. The van der Waals surface area contributed by atoms with Gasteiger partial charge in [-0.2, -0.15) is 0 Å². The molecule has 0 spiro atoms. The SMILES string of the molecule is C[C@@H](C(=S)c1ccccn1)[C@H]1NC(=O)[C@H]1CCO[Si](C)(C)C(C)(C)C. The number of carbonyl (C=O) groups is 1. The molecule has 25 heavy (non-hydrogen) atoms. The minimum atomic E-state index is -1.77. The van der Waals surface area contributed by atoms with Crippen LogP contribution in [0, 0.1) is 11.8 Å². The molecule has 3 atom stereocenters. The molecule has 2 heterocycles. The fourth-order valence-corrected chi connectivity index (χ4v) is 4.11. The van der Waals surface area contributed by atoms with Crippen molar-refractivity contribution in [3.8, 4) is 0 Å². The zero-order valence-corrected chi connectivity index (χ0v) is 17.9. The summed E-state index contributed by atoms with van der Waals surface area (Å²) in [5, 5.41) is 3.21. The number of pyridine rings is 1. The summed E-state index contributed by atoms with van der Waals surface area (Å²) in [6.07, 6.45) is 2.50. The largest absolute Gasteiger partial charge is 0.417 e. The standard InChI is InChI=1S/C19H30N2O2SSi/c1-13(17(24)15-9-7-8-11-20-15)16-14(18(22)21-16)10-12-23-25(5,6)19(2,3)4/h7-9,11,13-14,16H,10,12H2,1-6H3,(H,21,22)/t13-,14+,16-/m1/s1. The lowest BCUT2D eigenvalue weighted by Crippen LogP contribution is -2.62. The first-order valence-corrected chi connectivity index (χ1v) is 12.3. The maximum atomic E-state index is 12.0. The molecule has 0 unspecified atom stereocenters. The fraction of sp³-hybridized carbons (Fsp3) is 0.632. The molecule has 0 radical (unpaired) electrons. The number of hydrogen-bond acceptors (Lipinski definition) is 4. The topological polar surface area (TPSA) is 51.2 Å². The van der Waals surface area contributed by atoms with Crippen LogP contribution in [-0.4, -0.2) is 36.7 Å². The first-order chi connectivity index (χ1) is 11.5. The molecular weight excluding hydrogens is 348 g/mol. The summed E-state index contributed by atoms with van der Waals surface area (Å²) >= 11 is 5.59. The van der Waals surface area contributed by atoms with E-state index in [1.165, 1.54) is 0 Å². The second-order valence-electron chi connectivity index (χ2n) is 8.41.